The van der Waals surface area contributed by atoms with E-state index in [2.05, 4.69) is 36.0 Å². The first-order valence-corrected chi connectivity index (χ1v) is 12.1. The number of carbonyl (C=O) groups excluding carboxylic acids is 1. The summed E-state index contributed by atoms with van der Waals surface area (Å²) in [5, 5.41) is 14.2. The molecule has 2 aromatic rings. The van der Waals surface area contributed by atoms with E-state index in [0.29, 0.717) is 17.8 Å². The van der Waals surface area contributed by atoms with Crippen molar-refractivity contribution in [3.63, 3.8) is 0 Å². The number of amides is 1. The van der Waals surface area contributed by atoms with E-state index in [0.717, 1.165) is 67.2 Å². The number of nitrogens with one attached hydrogen (secondary N) is 2. The van der Waals surface area contributed by atoms with Crippen molar-refractivity contribution in [2.24, 2.45) is 0 Å². The van der Waals surface area contributed by atoms with Gasteiger partial charge in [-0.25, -0.2) is 0 Å². The number of benzene rings is 1. The first-order chi connectivity index (χ1) is 14.6. The highest BCUT2D eigenvalue weighted by Crippen LogP contribution is 2.35. The van der Waals surface area contributed by atoms with Crippen LogP contribution in [0.1, 0.15) is 49.0 Å². The number of hydrogen-bond acceptors (Lipinski definition) is 4. The Morgan fingerprint density at radius 1 is 1.13 bits per heavy atom. The van der Waals surface area contributed by atoms with Gasteiger partial charge in [0, 0.05) is 59.7 Å². The van der Waals surface area contributed by atoms with Crippen molar-refractivity contribution in [3.8, 4) is 0 Å². The van der Waals surface area contributed by atoms with Crippen molar-refractivity contribution in [1.82, 2.24) is 20.1 Å². The van der Waals surface area contributed by atoms with Crippen LogP contribution >= 0.6 is 15.9 Å². The number of hydrogen-bond donors (Lipinski definition) is 3. The molecule has 30 heavy (non-hydrogen) atoms. The van der Waals surface area contributed by atoms with Gasteiger partial charge in [0.15, 0.2) is 0 Å². The van der Waals surface area contributed by atoms with E-state index in [1.165, 1.54) is 12.8 Å². The van der Waals surface area contributed by atoms with Crippen LogP contribution < -0.4 is 5.32 Å². The van der Waals surface area contributed by atoms with Gasteiger partial charge >= 0.3 is 0 Å². The molecule has 3 aliphatic heterocycles. The quantitative estimate of drug-likeness (QED) is 0.622. The number of aromatic nitrogens is 1. The molecule has 3 atom stereocenters. The van der Waals surface area contributed by atoms with Crippen LogP contribution in [0.15, 0.2) is 28.7 Å². The largest absolute Gasteiger partial charge is 0.393 e. The van der Waals surface area contributed by atoms with Crippen molar-refractivity contribution in [2.75, 3.05) is 26.2 Å². The molecule has 1 aromatic heterocycles. The highest BCUT2D eigenvalue weighted by Gasteiger charge is 2.39. The number of halogens is 1. The zero-order valence-corrected chi connectivity index (χ0v) is 18.9. The second-order valence-electron chi connectivity index (χ2n) is 9.22. The van der Waals surface area contributed by atoms with Gasteiger partial charge in [0.25, 0.3) is 5.91 Å². The van der Waals surface area contributed by atoms with E-state index in [9.17, 15) is 9.90 Å². The number of nitrogens with zero attached hydrogens (tertiary/aromatic N) is 2. The molecule has 2 bridgehead atoms. The first kappa shape index (κ1) is 20.5. The molecule has 1 unspecified atom stereocenters. The Kier molecular flexibility index (Phi) is 5.88. The van der Waals surface area contributed by atoms with Crippen molar-refractivity contribution in [2.45, 2.75) is 62.8 Å². The van der Waals surface area contributed by atoms with Crippen LogP contribution in [0.3, 0.4) is 0 Å². The highest BCUT2D eigenvalue weighted by atomic mass is 79.9. The van der Waals surface area contributed by atoms with Crippen LogP contribution in [0.5, 0.6) is 0 Å². The number of aliphatic hydroxyl groups excluding tert-OH is 1. The summed E-state index contributed by atoms with van der Waals surface area (Å²) >= 11 is 3.55. The number of piperidine rings is 2. The molecule has 0 spiro atoms. The first-order valence-electron chi connectivity index (χ1n) is 11.3. The fourth-order valence-electron chi connectivity index (χ4n) is 5.67. The molecular formula is C23H31BrN4O2. The lowest BCUT2D eigenvalue weighted by Gasteiger charge is -2.39. The van der Waals surface area contributed by atoms with Gasteiger partial charge in [0.2, 0.25) is 0 Å². The van der Waals surface area contributed by atoms with Crippen molar-refractivity contribution in [3.05, 3.63) is 34.4 Å². The van der Waals surface area contributed by atoms with Gasteiger partial charge in [-0.15, -0.1) is 0 Å². The van der Waals surface area contributed by atoms with E-state index in [-0.39, 0.29) is 18.1 Å². The molecule has 3 N–H and O–H groups in total. The predicted molar refractivity (Wildman–Crippen MR) is 122 cm³/mol. The number of rotatable bonds is 5. The van der Waals surface area contributed by atoms with E-state index < -0.39 is 0 Å². The van der Waals surface area contributed by atoms with Gasteiger partial charge < -0.3 is 20.3 Å². The van der Waals surface area contributed by atoms with Crippen molar-refractivity contribution >= 4 is 32.7 Å². The minimum absolute atomic E-state index is 0.0139. The standard InChI is InChI=1S/C23H31BrN4O2/c24-20-2-1-3-21-19(20)14-22(26-21)23(30)25-15-6-8-27(9-7-15)10-11-28-16-4-5-17(28)13-18(29)12-16/h1-3,14-18,26,29H,4-13H2,(H,25,30)/t16-,17+,18?. The molecule has 4 heterocycles. The van der Waals surface area contributed by atoms with Gasteiger partial charge in [-0.1, -0.05) is 22.0 Å². The Morgan fingerprint density at radius 3 is 2.57 bits per heavy atom. The molecule has 3 saturated heterocycles. The van der Waals surface area contributed by atoms with Gasteiger partial charge in [-0.2, -0.15) is 0 Å². The minimum Gasteiger partial charge on any atom is -0.393 e. The average molecular weight is 475 g/mol. The average Bonchev–Trinajstić information content (AvgIpc) is 3.28. The summed E-state index contributed by atoms with van der Waals surface area (Å²) in [4.78, 5) is 21.1. The molecule has 7 heteroatoms. The Bertz CT molecular complexity index is 894. The molecule has 162 valence electrons. The molecule has 0 radical (unpaired) electrons. The van der Waals surface area contributed by atoms with E-state index in [4.69, 9.17) is 0 Å². The van der Waals surface area contributed by atoms with E-state index in [1.807, 2.05) is 24.3 Å². The summed E-state index contributed by atoms with van der Waals surface area (Å²) in [6, 6.07) is 9.30. The topological polar surface area (TPSA) is 71.6 Å². The minimum atomic E-state index is -0.0866. The third-order valence-electron chi connectivity index (χ3n) is 7.31. The lowest BCUT2D eigenvalue weighted by molar-refractivity contribution is 0.0284. The van der Waals surface area contributed by atoms with Gasteiger partial charge in [-0.3, -0.25) is 9.69 Å². The van der Waals surface area contributed by atoms with Crippen LogP contribution in [0, 0.1) is 0 Å². The van der Waals surface area contributed by atoms with E-state index in [1.54, 1.807) is 0 Å². The smallest absolute Gasteiger partial charge is 0.267 e. The molecule has 5 rings (SSSR count). The molecule has 1 amide bonds. The summed E-state index contributed by atoms with van der Waals surface area (Å²) in [5.74, 6) is -0.0139. The predicted octanol–water partition coefficient (Wildman–Crippen LogP) is 3.11. The number of likely N-dealkylation sites (tertiary alicyclic amines) is 1. The maximum Gasteiger partial charge on any atom is 0.267 e. The number of carbonyl (C=O) groups is 1. The summed E-state index contributed by atoms with van der Waals surface area (Å²) < 4.78 is 1.00. The van der Waals surface area contributed by atoms with Crippen LogP contribution in [0.25, 0.3) is 10.9 Å². The Labute approximate surface area is 186 Å². The summed E-state index contributed by atoms with van der Waals surface area (Å²) in [6.07, 6.45) is 6.32. The van der Waals surface area contributed by atoms with Crippen LogP contribution in [-0.4, -0.2) is 76.2 Å². The fourth-order valence-corrected chi connectivity index (χ4v) is 6.15. The second-order valence-corrected chi connectivity index (χ2v) is 10.1. The molecule has 3 fully saturated rings. The van der Waals surface area contributed by atoms with Crippen molar-refractivity contribution in [1.29, 1.82) is 0 Å². The third kappa shape index (κ3) is 4.17. The Hall–Kier alpha value is -1.41. The molecule has 0 saturated carbocycles. The van der Waals surface area contributed by atoms with Crippen LogP contribution in [0.2, 0.25) is 0 Å². The SMILES string of the molecule is O=C(NC1CCN(CCN2[C@@H]3CC[C@H]2CC(O)C3)CC1)c1cc2c(Br)cccc2[nH]1. The zero-order valence-electron chi connectivity index (χ0n) is 17.3. The molecule has 3 aliphatic rings. The third-order valence-corrected chi connectivity index (χ3v) is 8.00. The zero-order chi connectivity index (χ0) is 20.7. The lowest BCUT2D eigenvalue weighted by Crippen LogP contribution is -2.50. The molecular weight excluding hydrogens is 444 g/mol. The molecule has 6 nitrogen and oxygen atoms in total. The number of H-pyrrole nitrogens is 1. The maximum atomic E-state index is 12.7. The Morgan fingerprint density at radius 2 is 1.87 bits per heavy atom. The normalized spacial score (nSPS) is 28.3. The van der Waals surface area contributed by atoms with Gasteiger partial charge in [-0.05, 0) is 56.7 Å². The molecule has 1 aromatic carbocycles. The monoisotopic (exact) mass is 474 g/mol. The lowest BCUT2D eigenvalue weighted by atomic mass is 10.00. The second kappa shape index (κ2) is 8.61. The molecule has 0 aliphatic carbocycles. The number of aromatic amines is 1. The van der Waals surface area contributed by atoms with Crippen LogP contribution in [0.4, 0.5) is 0 Å². The highest BCUT2D eigenvalue weighted by molar-refractivity contribution is 9.10. The van der Waals surface area contributed by atoms with Crippen molar-refractivity contribution < 1.29 is 9.90 Å². The number of fused-ring (bicyclic) bond motifs is 3. The van der Waals surface area contributed by atoms with E-state index >= 15 is 0 Å². The number of aliphatic hydroxyl groups is 1. The van der Waals surface area contributed by atoms with Gasteiger partial charge in [0.1, 0.15) is 5.69 Å². The van der Waals surface area contributed by atoms with Crippen LogP contribution in [-0.2, 0) is 0 Å². The maximum absolute atomic E-state index is 12.7. The summed E-state index contributed by atoms with van der Waals surface area (Å²) in [6.45, 7) is 4.28. The summed E-state index contributed by atoms with van der Waals surface area (Å²) in [5.41, 5.74) is 1.60. The van der Waals surface area contributed by atoms with Gasteiger partial charge in [0.05, 0.1) is 6.10 Å². The fraction of sp³-hybridized carbons (Fsp3) is 0.609. The summed E-state index contributed by atoms with van der Waals surface area (Å²) in [7, 11) is 0. The Balaban J connectivity index is 1.09.